The van der Waals surface area contributed by atoms with E-state index in [-0.39, 0.29) is 18.4 Å². The van der Waals surface area contributed by atoms with Crippen LogP contribution in [0, 0.1) is 0 Å². The number of hydrogen-bond acceptors (Lipinski definition) is 4. The molecule has 0 saturated carbocycles. The molecule has 1 fully saturated rings. The van der Waals surface area contributed by atoms with Gasteiger partial charge in [0.1, 0.15) is 0 Å². The minimum absolute atomic E-state index is 0.140. The topological polar surface area (TPSA) is 113 Å². The van der Waals surface area contributed by atoms with Crippen LogP contribution in [0.5, 0.6) is 0 Å². The predicted molar refractivity (Wildman–Crippen MR) is 41.9 cm³/mol. The highest BCUT2D eigenvalue weighted by Crippen LogP contribution is 1.98. The number of carbonyl (C=O) groups excluding carboxylic acids is 3. The van der Waals surface area contributed by atoms with Gasteiger partial charge in [0, 0.05) is 13.0 Å². The fourth-order valence-corrected chi connectivity index (χ4v) is 1.02. The van der Waals surface area contributed by atoms with Crippen LogP contribution in [-0.2, 0) is 14.4 Å². The van der Waals surface area contributed by atoms with Crippen molar-refractivity contribution < 1.29 is 14.4 Å². The van der Waals surface area contributed by atoms with Crippen LogP contribution in [0.25, 0.3) is 0 Å². The van der Waals surface area contributed by atoms with Crippen molar-refractivity contribution in [1.29, 1.82) is 0 Å². The van der Waals surface area contributed by atoms with Crippen LogP contribution >= 0.6 is 0 Å². The molecule has 7 nitrogen and oxygen atoms in total. The summed E-state index contributed by atoms with van der Waals surface area (Å²) in [4.78, 5) is 32.2. The van der Waals surface area contributed by atoms with Crippen molar-refractivity contribution in [1.82, 2.24) is 16.1 Å². The molecule has 0 bridgehead atoms. The molecule has 1 saturated heterocycles. The summed E-state index contributed by atoms with van der Waals surface area (Å²) in [5.41, 5.74) is 1.69. The van der Waals surface area contributed by atoms with E-state index in [4.69, 9.17) is 5.84 Å². The van der Waals surface area contributed by atoms with E-state index in [1.54, 1.807) is 5.43 Å². The quantitative estimate of drug-likeness (QED) is 0.151. The van der Waals surface area contributed by atoms with Crippen molar-refractivity contribution in [2.75, 3.05) is 6.54 Å². The molecule has 0 aliphatic carbocycles. The second kappa shape index (κ2) is 3.85. The van der Waals surface area contributed by atoms with Gasteiger partial charge in [0.25, 0.3) is 0 Å². The Hall–Kier alpha value is -1.63. The third-order valence-electron chi connectivity index (χ3n) is 1.65. The van der Waals surface area contributed by atoms with Gasteiger partial charge in [-0.15, -0.1) is 0 Å². The fraction of sp³-hybridized carbons (Fsp3) is 0.500. The Morgan fingerprint density at radius 3 is 2.62 bits per heavy atom. The highest BCUT2D eigenvalue weighted by atomic mass is 16.2. The fourth-order valence-electron chi connectivity index (χ4n) is 1.02. The lowest BCUT2D eigenvalue weighted by Crippen LogP contribution is -2.47. The van der Waals surface area contributed by atoms with Crippen molar-refractivity contribution in [3.8, 4) is 0 Å². The first-order valence-corrected chi connectivity index (χ1v) is 3.71. The van der Waals surface area contributed by atoms with Gasteiger partial charge >= 0.3 is 11.8 Å². The van der Waals surface area contributed by atoms with Gasteiger partial charge in [-0.2, -0.15) is 0 Å². The monoisotopic (exact) mass is 186 g/mol. The van der Waals surface area contributed by atoms with Crippen molar-refractivity contribution in [2.24, 2.45) is 5.84 Å². The molecule has 0 aromatic carbocycles. The van der Waals surface area contributed by atoms with E-state index in [0.29, 0.717) is 6.54 Å². The van der Waals surface area contributed by atoms with E-state index in [1.165, 1.54) is 0 Å². The van der Waals surface area contributed by atoms with Crippen LogP contribution < -0.4 is 21.9 Å². The summed E-state index contributed by atoms with van der Waals surface area (Å²) in [5.74, 6) is 2.84. The Morgan fingerprint density at radius 2 is 2.15 bits per heavy atom. The third kappa shape index (κ3) is 2.41. The lowest BCUT2D eigenvalue weighted by atomic mass is 10.2. The van der Waals surface area contributed by atoms with Gasteiger partial charge in [-0.3, -0.25) is 19.8 Å². The van der Waals surface area contributed by atoms with E-state index >= 15 is 0 Å². The molecule has 0 aromatic rings. The maximum atomic E-state index is 10.9. The number of hydrogen-bond donors (Lipinski definition) is 4. The van der Waals surface area contributed by atoms with E-state index in [2.05, 4.69) is 10.6 Å². The SMILES string of the molecule is NNC(=O)C(=O)NC1CNC(=O)C1. The van der Waals surface area contributed by atoms with Gasteiger partial charge < -0.3 is 10.6 Å². The first kappa shape index (κ1) is 9.46. The molecule has 0 aromatic heterocycles. The van der Waals surface area contributed by atoms with Gasteiger partial charge in [-0.25, -0.2) is 5.84 Å². The molecular weight excluding hydrogens is 176 g/mol. The molecule has 0 spiro atoms. The number of carbonyl (C=O) groups is 3. The molecule has 13 heavy (non-hydrogen) atoms. The molecule has 0 radical (unpaired) electrons. The average molecular weight is 186 g/mol. The normalized spacial score (nSPS) is 20.7. The number of amides is 3. The highest BCUT2D eigenvalue weighted by Gasteiger charge is 2.24. The van der Waals surface area contributed by atoms with Crippen LogP contribution in [0.2, 0.25) is 0 Å². The molecule has 5 N–H and O–H groups in total. The van der Waals surface area contributed by atoms with E-state index in [0.717, 1.165) is 0 Å². The van der Waals surface area contributed by atoms with E-state index in [1.807, 2.05) is 0 Å². The van der Waals surface area contributed by atoms with E-state index in [9.17, 15) is 14.4 Å². The minimum Gasteiger partial charge on any atom is -0.354 e. The summed E-state index contributed by atoms with van der Waals surface area (Å²) in [5, 5.41) is 4.86. The van der Waals surface area contributed by atoms with E-state index < -0.39 is 11.8 Å². The molecule has 1 atom stereocenters. The highest BCUT2D eigenvalue weighted by molar-refractivity contribution is 6.35. The van der Waals surface area contributed by atoms with Crippen molar-refractivity contribution >= 4 is 17.7 Å². The molecule has 1 aliphatic rings. The number of nitrogens with two attached hydrogens (primary N) is 1. The summed E-state index contributed by atoms with van der Waals surface area (Å²) in [7, 11) is 0. The molecule has 3 amide bonds. The minimum atomic E-state index is -0.917. The van der Waals surface area contributed by atoms with Gasteiger partial charge in [0.15, 0.2) is 0 Å². The summed E-state index contributed by atoms with van der Waals surface area (Å²) < 4.78 is 0. The maximum absolute atomic E-state index is 10.9. The molecule has 1 unspecified atom stereocenters. The van der Waals surface area contributed by atoms with Crippen LogP contribution in [0.15, 0.2) is 0 Å². The average Bonchev–Trinajstić information content (AvgIpc) is 2.49. The molecule has 1 aliphatic heterocycles. The second-order valence-corrected chi connectivity index (χ2v) is 2.65. The molecule has 72 valence electrons. The Morgan fingerprint density at radius 1 is 1.46 bits per heavy atom. The lowest BCUT2D eigenvalue weighted by molar-refractivity contribution is -0.139. The lowest BCUT2D eigenvalue weighted by Gasteiger charge is -2.08. The third-order valence-corrected chi connectivity index (χ3v) is 1.65. The smallest absolute Gasteiger partial charge is 0.323 e. The number of hydrazine groups is 1. The summed E-state index contributed by atoms with van der Waals surface area (Å²) in [6.45, 7) is 0.350. The molecular formula is C6H10N4O3. The Balaban J connectivity index is 2.37. The Labute approximate surface area is 74.0 Å². The molecule has 1 heterocycles. The van der Waals surface area contributed by atoms with Crippen molar-refractivity contribution in [3.63, 3.8) is 0 Å². The largest absolute Gasteiger partial charge is 0.354 e. The Kier molecular flexibility index (Phi) is 2.80. The van der Waals surface area contributed by atoms with Crippen LogP contribution in [-0.4, -0.2) is 30.3 Å². The van der Waals surface area contributed by atoms with Crippen molar-refractivity contribution in [2.45, 2.75) is 12.5 Å². The van der Waals surface area contributed by atoms with Crippen LogP contribution in [0.4, 0.5) is 0 Å². The molecule has 1 rings (SSSR count). The van der Waals surface area contributed by atoms with Gasteiger partial charge in [-0.05, 0) is 0 Å². The maximum Gasteiger partial charge on any atom is 0.323 e. The summed E-state index contributed by atoms with van der Waals surface area (Å²) in [6.07, 6.45) is 0.198. The Bertz CT molecular complexity index is 252. The number of nitrogens with one attached hydrogen (secondary N) is 3. The van der Waals surface area contributed by atoms with Gasteiger partial charge in [0.2, 0.25) is 5.91 Å². The first-order valence-electron chi connectivity index (χ1n) is 3.71. The summed E-state index contributed by atoms with van der Waals surface area (Å²) >= 11 is 0. The summed E-state index contributed by atoms with van der Waals surface area (Å²) in [6, 6.07) is -0.322. The molecule has 7 heteroatoms. The van der Waals surface area contributed by atoms with Gasteiger partial charge in [-0.1, -0.05) is 0 Å². The first-order chi connectivity index (χ1) is 6.13. The number of rotatable bonds is 1. The zero-order chi connectivity index (χ0) is 9.84. The second-order valence-electron chi connectivity index (χ2n) is 2.65. The predicted octanol–water partition coefficient (Wildman–Crippen LogP) is -3.02. The van der Waals surface area contributed by atoms with Gasteiger partial charge in [0.05, 0.1) is 6.04 Å². The van der Waals surface area contributed by atoms with Crippen LogP contribution in [0.1, 0.15) is 6.42 Å². The standard InChI is InChI=1S/C6H10N4O3/c7-10-6(13)5(12)9-3-1-4(11)8-2-3/h3H,1-2,7H2,(H,8,11)(H,9,12)(H,10,13). The van der Waals surface area contributed by atoms with Crippen LogP contribution in [0.3, 0.4) is 0 Å². The zero-order valence-electron chi connectivity index (χ0n) is 6.79. The zero-order valence-corrected chi connectivity index (χ0v) is 6.79. The van der Waals surface area contributed by atoms with Crippen molar-refractivity contribution in [3.05, 3.63) is 0 Å².